The highest BCUT2D eigenvalue weighted by atomic mass is 16.8. The van der Waals surface area contributed by atoms with Crippen LogP contribution in [0.4, 0.5) is 0 Å². The lowest BCUT2D eigenvalue weighted by Gasteiger charge is -2.71. The number of phenolic OH excluding ortho intramolecular Hbond substituents is 2. The maximum Gasteiger partial charge on any atom is 0.310 e. The van der Waals surface area contributed by atoms with E-state index in [0.29, 0.717) is 47.3 Å². The third-order valence-electron chi connectivity index (χ3n) is 34.1. The number of carboxylic acid groups (broad SMARTS) is 2. The molecule has 14 rings (SSSR count). The van der Waals surface area contributed by atoms with E-state index in [0.717, 1.165) is 121 Å². The van der Waals surface area contributed by atoms with Crippen LogP contribution in [-0.2, 0) is 38.1 Å². The summed E-state index contributed by atoms with van der Waals surface area (Å²) in [6.07, 6.45) is 12.6. The standard InChI is InChI=1S/C41H66O12.C30H48O4.C10H14O2.C10H12O2/c1-21-28(44)30(46)31(47)33(51-21)53-32-29(45)24(43)19-50-34(32)52-27-11-12-37(4)25(38(27,5)20-42)10-13-40(7)26(37)9-8-22-23-18-36(2,3)14-16-41(23,35(48)49)17-15-39(22,40)6;1-25(2)13-15-30(24(33)34)16-14-28(5)19(20(30)17-25)7-8-22-26(3)11-10-23(32)27(4,18-31)21(26)9-12-29(22,28)6;2*1-6(2)8-5-9(11)7(3)4-10(8)12/h8,21,23-34,42-47H,9-20H2,1-7H3,(H,48,49);7,20-23,31-32H,8-18H2,1-6H3,(H,33,34);4-6,11-12H,1-3H3;4-6H,1-3H3/t21-,23-,24-,25+,26+,27-,28-,29-,30+,31+,32+,33-,34-,37-,38-,39+,40+,41-;20-,21+,22+,23-,26-,27-,28+,29+,30-;;/m00../s1. The molecule has 8 saturated carbocycles. The summed E-state index contributed by atoms with van der Waals surface area (Å²) in [5.41, 5.74) is 3.26. The van der Waals surface area contributed by atoms with Gasteiger partial charge in [0.1, 0.15) is 48.1 Å². The summed E-state index contributed by atoms with van der Waals surface area (Å²) in [4.78, 5) is 48.3. The topological polar surface area (TPSA) is 348 Å². The van der Waals surface area contributed by atoms with Crippen molar-refractivity contribution in [3.63, 3.8) is 0 Å². The van der Waals surface area contributed by atoms with E-state index in [4.69, 9.17) is 18.9 Å². The van der Waals surface area contributed by atoms with Gasteiger partial charge in [-0.15, -0.1) is 0 Å². The molecular weight excluding hydrogens is 1410 g/mol. The number of hydrogen-bond acceptors (Lipinski definition) is 18. The molecule has 27 atom stereocenters. The van der Waals surface area contributed by atoms with E-state index < -0.39 is 101 Å². The van der Waals surface area contributed by atoms with Gasteiger partial charge in [0.2, 0.25) is 0 Å². The number of aliphatic hydroxyl groups is 8. The first-order valence-corrected chi connectivity index (χ1v) is 42.2. The predicted molar refractivity (Wildman–Crippen MR) is 421 cm³/mol. The molecule has 0 radical (unpaired) electrons. The maximum absolute atomic E-state index is 13.0. The second kappa shape index (κ2) is 30.8. The summed E-state index contributed by atoms with van der Waals surface area (Å²) in [6, 6.07) is 3.21. The lowest BCUT2D eigenvalue weighted by atomic mass is 9.33. The number of benzene rings is 1. The molecule has 11 aliphatic carbocycles. The molecule has 2 aliphatic heterocycles. The van der Waals surface area contributed by atoms with Gasteiger partial charge in [0.05, 0.1) is 49.0 Å². The van der Waals surface area contributed by atoms with Crippen LogP contribution in [-0.4, -0.2) is 172 Å². The van der Waals surface area contributed by atoms with Crippen LogP contribution in [0.25, 0.3) is 0 Å². The first-order chi connectivity index (χ1) is 51.4. The van der Waals surface area contributed by atoms with Gasteiger partial charge in [-0.2, -0.15) is 0 Å². The van der Waals surface area contributed by atoms with Crippen LogP contribution in [0.2, 0.25) is 0 Å². The minimum absolute atomic E-state index is 0.0204. The van der Waals surface area contributed by atoms with Crippen molar-refractivity contribution in [2.24, 2.45) is 106 Å². The van der Waals surface area contributed by atoms with Crippen LogP contribution in [0.15, 0.2) is 58.7 Å². The highest BCUT2D eigenvalue weighted by molar-refractivity contribution is 6.19. The normalized spacial score (nSPS) is 46.0. The number of aliphatic carboxylic acids is 2. The lowest BCUT2D eigenvalue weighted by Crippen LogP contribution is -2.67. The minimum Gasteiger partial charge on any atom is -0.508 e. The van der Waals surface area contributed by atoms with Gasteiger partial charge < -0.3 is 80.2 Å². The van der Waals surface area contributed by atoms with Crippen molar-refractivity contribution >= 4 is 23.5 Å². The molecular formula is C91H140O20. The van der Waals surface area contributed by atoms with Crippen LogP contribution in [0.3, 0.4) is 0 Å². The van der Waals surface area contributed by atoms with E-state index >= 15 is 0 Å². The maximum atomic E-state index is 13.0. The molecule has 20 nitrogen and oxygen atoms in total. The highest BCUT2D eigenvalue weighted by Gasteiger charge is 2.73. The molecule has 2 heterocycles. The van der Waals surface area contributed by atoms with Gasteiger partial charge in [-0.3, -0.25) is 19.2 Å². The first-order valence-electron chi connectivity index (χ1n) is 42.2. The second-order valence-electron chi connectivity index (χ2n) is 41.6. The Morgan fingerprint density at radius 2 is 1.02 bits per heavy atom. The summed E-state index contributed by atoms with van der Waals surface area (Å²) in [5.74, 6) is 1.01. The molecule has 1 aromatic carbocycles. The smallest absolute Gasteiger partial charge is 0.310 e. The summed E-state index contributed by atoms with van der Waals surface area (Å²) in [6.45, 7) is 40.6. The molecule has 2 saturated heterocycles. The number of hydrogen-bond donors (Lipinski definition) is 12. The lowest BCUT2D eigenvalue weighted by molar-refractivity contribution is -0.365. The van der Waals surface area contributed by atoms with Gasteiger partial charge in [0.25, 0.3) is 0 Å². The zero-order valence-corrected chi connectivity index (χ0v) is 70.3. The van der Waals surface area contributed by atoms with Crippen LogP contribution >= 0.6 is 0 Å². The average molecular weight is 1550 g/mol. The van der Waals surface area contributed by atoms with E-state index in [1.807, 2.05) is 27.7 Å². The fraction of sp³-hybridized carbons (Fsp3) is 0.802. The summed E-state index contributed by atoms with van der Waals surface area (Å²) < 4.78 is 24.3. The number of carbonyl (C=O) groups excluding carboxylic acids is 2. The second-order valence-corrected chi connectivity index (χ2v) is 41.6. The molecule has 0 amide bonds. The fourth-order valence-corrected chi connectivity index (χ4v) is 26.3. The Labute approximate surface area is 660 Å². The zero-order valence-electron chi connectivity index (χ0n) is 70.3. The van der Waals surface area contributed by atoms with Crippen LogP contribution in [0.5, 0.6) is 11.5 Å². The van der Waals surface area contributed by atoms with Gasteiger partial charge in [0, 0.05) is 27.5 Å². The van der Waals surface area contributed by atoms with Crippen LogP contribution in [0, 0.1) is 113 Å². The van der Waals surface area contributed by atoms with Crippen molar-refractivity contribution in [1.29, 1.82) is 0 Å². The fourth-order valence-electron chi connectivity index (χ4n) is 26.3. The third kappa shape index (κ3) is 14.4. The van der Waals surface area contributed by atoms with Gasteiger partial charge >= 0.3 is 11.9 Å². The quantitative estimate of drug-likeness (QED) is 0.0448. The summed E-state index contributed by atoms with van der Waals surface area (Å²) in [7, 11) is 0. The predicted octanol–water partition coefficient (Wildman–Crippen LogP) is 13.9. The monoisotopic (exact) mass is 1550 g/mol. The van der Waals surface area contributed by atoms with Gasteiger partial charge in [0.15, 0.2) is 24.1 Å². The molecule has 10 fully saturated rings. The Morgan fingerprint density at radius 1 is 0.532 bits per heavy atom. The number of allylic oxidation sites excluding steroid dienone is 8. The Morgan fingerprint density at radius 3 is 1.50 bits per heavy atom. The van der Waals surface area contributed by atoms with Gasteiger partial charge in [-0.05, 0) is 270 Å². The van der Waals surface area contributed by atoms with Gasteiger partial charge in [-0.1, -0.05) is 134 Å². The van der Waals surface area contributed by atoms with Crippen molar-refractivity contribution in [3.05, 3.63) is 69.9 Å². The van der Waals surface area contributed by atoms with Gasteiger partial charge in [-0.25, -0.2) is 0 Å². The Kier molecular flexibility index (Phi) is 24.3. The minimum atomic E-state index is -1.62. The van der Waals surface area contributed by atoms with E-state index in [9.17, 15) is 80.5 Å². The number of aryl methyl sites for hydroxylation is 1. The summed E-state index contributed by atoms with van der Waals surface area (Å²) >= 11 is 0. The van der Waals surface area contributed by atoms with E-state index in [2.05, 4.69) is 95.2 Å². The molecule has 0 bridgehead atoms. The number of ether oxygens (including phenoxy) is 4. The molecule has 20 heteroatoms. The molecule has 0 unspecified atom stereocenters. The number of aliphatic hydroxyl groups excluding tert-OH is 8. The first kappa shape index (κ1) is 87.4. The number of carbonyl (C=O) groups is 4. The molecule has 1 aromatic rings. The SMILES string of the molecule is CC1(C)CC[C@]2(C(=O)O)CC[C@]3(C)C(=CC[C@@H]4[C@@]5(C)CC[C@H](O)[C@@](C)(CO)[C@@H]5CC[C@]43C)[C@@H]2C1.CC1=CC(=O)C(C(C)C)=CC1=O.C[C@@H]1O[C@@H](O[C@H]2[C@H](O[C@H]3CC[C@@]4(C)[C@@H](CC[C@]5(C)[C@@H]4CC=C4[C@@H]6CC(C)(C)CC[C@]6(C(=O)O)CC[C@]45C)[C@]3(C)CO)OC[C@H](O)[C@@H]2O)[C@H](O)[C@H](O)[C@H]1O.Cc1cc(O)c(C(C)C)cc1O. The molecule has 13 aliphatic rings. The largest absolute Gasteiger partial charge is 0.508 e. The van der Waals surface area contributed by atoms with E-state index in [1.54, 1.807) is 26.0 Å². The molecule has 0 spiro atoms. The van der Waals surface area contributed by atoms with E-state index in [1.165, 1.54) is 30.2 Å². The Bertz CT molecular complexity index is 3790. The number of phenols is 2. The molecule has 12 N–H and O–H groups in total. The number of aromatic hydroxyl groups is 2. The van der Waals surface area contributed by atoms with Crippen molar-refractivity contribution in [2.45, 2.75) is 333 Å². The number of ketones is 2. The van der Waals surface area contributed by atoms with Crippen molar-refractivity contribution < 1.29 is 99.4 Å². The van der Waals surface area contributed by atoms with Crippen molar-refractivity contribution in [2.75, 3.05) is 19.8 Å². The third-order valence-corrected chi connectivity index (χ3v) is 34.1. The Hall–Kier alpha value is -4.42. The molecule has 111 heavy (non-hydrogen) atoms. The van der Waals surface area contributed by atoms with E-state index in [-0.39, 0.29) is 116 Å². The van der Waals surface area contributed by atoms with Crippen LogP contribution in [0.1, 0.15) is 270 Å². The number of fused-ring (bicyclic) bond motifs is 14. The number of carboxylic acids is 2. The number of rotatable bonds is 10. The van der Waals surface area contributed by atoms with Crippen molar-refractivity contribution in [1.82, 2.24) is 0 Å². The molecule has 0 aromatic heterocycles. The van der Waals surface area contributed by atoms with Crippen LogP contribution < -0.4 is 0 Å². The zero-order chi connectivity index (χ0) is 82.2. The molecule has 624 valence electrons. The Balaban J connectivity index is 0.000000177. The average Bonchev–Trinajstić information content (AvgIpc) is 0.679. The van der Waals surface area contributed by atoms with Crippen molar-refractivity contribution in [3.8, 4) is 11.5 Å². The summed E-state index contributed by atoms with van der Waals surface area (Å²) in [5, 5.41) is 126. The highest BCUT2D eigenvalue weighted by Crippen LogP contribution is 2.78.